The number of benzene rings is 2. The van der Waals surface area contributed by atoms with Crippen LogP contribution in [0.3, 0.4) is 0 Å². The van der Waals surface area contributed by atoms with Gasteiger partial charge in [0.1, 0.15) is 11.6 Å². The van der Waals surface area contributed by atoms with Gasteiger partial charge in [-0.25, -0.2) is 4.39 Å². The SMILES string of the molecule is CCOP(=O)(OCC)C(Nc1ccc(OC)cc1)c1cccc(F)c1. The molecule has 2 aromatic rings. The fourth-order valence-electron chi connectivity index (χ4n) is 2.41. The second-order valence-electron chi connectivity index (χ2n) is 5.21. The lowest BCUT2D eigenvalue weighted by atomic mass is 10.2. The molecular formula is C18H23FNO4P. The Morgan fingerprint density at radius 3 is 2.24 bits per heavy atom. The molecule has 1 N–H and O–H groups in total. The first-order valence-electron chi connectivity index (χ1n) is 8.07. The van der Waals surface area contributed by atoms with Crippen LogP contribution in [0.5, 0.6) is 5.75 Å². The van der Waals surface area contributed by atoms with E-state index in [1.54, 1.807) is 57.4 Å². The van der Waals surface area contributed by atoms with Crippen molar-refractivity contribution in [3.8, 4) is 5.75 Å². The highest BCUT2D eigenvalue weighted by molar-refractivity contribution is 7.54. The van der Waals surface area contributed by atoms with E-state index in [1.807, 2.05) is 0 Å². The van der Waals surface area contributed by atoms with Crippen molar-refractivity contribution in [2.45, 2.75) is 19.6 Å². The van der Waals surface area contributed by atoms with Crippen molar-refractivity contribution in [3.63, 3.8) is 0 Å². The Labute approximate surface area is 147 Å². The molecule has 2 aromatic carbocycles. The number of nitrogens with one attached hydrogen (secondary N) is 1. The molecule has 136 valence electrons. The van der Waals surface area contributed by atoms with Gasteiger partial charge in [-0.1, -0.05) is 12.1 Å². The highest BCUT2D eigenvalue weighted by Crippen LogP contribution is 2.60. The summed E-state index contributed by atoms with van der Waals surface area (Å²) < 4.78 is 43.1. The van der Waals surface area contributed by atoms with Crippen LogP contribution in [0.15, 0.2) is 48.5 Å². The summed E-state index contributed by atoms with van der Waals surface area (Å²) in [6.07, 6.45) is 0. The van der Waals surface area contributed by atoms with Crippen LogP contribution >= 0.6 is 7.60 Å². The van der Waals surface area contributed by atoms with Crippen LogP contribution in [0.2, 0.25) is 0 Å². The minimum absolute atomic E-state index is 0.216. The van der Waals surface area contributed by atoms with Crippen LogP contribution in [0, 0.1) is 5.82 Å². The van der Waals surface area contributed by atoms with Gasteiger partial charge in [0.25, 0.3) is 0 Å². The molecule has 0 saturated heterocycles. The largest absolute Gasteiger partial charge is 0.497 e. The smallest absolute Gasteiger partial charge is 0.357 e. The van der Waals surface area contributed by atoms with E-state index in [1.165, 1.54) is 12.1 Å². The van der Waals surface area contributed by atoms with Gasteiger partial charge in [0.05, 0.1) is 20.3 Å². The van der Waals surface area contributed by atoms with E-state index >= 15 is 0 Å². The molecule has 1 atom stereocenters. The summed E-state index contributed by atoms with van der Waals surface area (Å²) in [4.78, 5) is 0. The molecule has 0 radical (unpaired) electrons. The molecule has 0 fully saturated rings. The molecule has 0 aliphatic rings. The number of rotatable bonds is 9. The van der Waals surface area contributed by atoms with E-state index in [-0.39, 0.29) is 13.2 Å². The van der Waals surface area contributed by atoms with Crippen molar-refractivity contribution in [2.75, 3.05) is 25.6 Å². The fourth-order valence-corrected chi connectivity index (χ4v) is 4.34. The summed E-state index contributed by atoms with van der Waals surface area (Å²) in [6.45, 7) is 3.91. The molecule has 2 rings (SSSR count). The zero-order valence-electron chi connectivity index (χ0n) is 14.6. The Kier molecular flexibility index (Phi) is 7.00. The predicted octanol–water partition coefficient (Wildman–Crippen LogP) is 5.21. The normalized spacial score (nSPS) is 12.6. The fraction of sp³-hybridized carbons (Fsp3) is 0.333. The monoisotopic (exact) mass is 367 g/mol. The van der Waals surface area contributed by atoms with E-state index in [2.05, 4.69) is 5.32 Å². The summed E-state index contributed by atoms with van der Waals surface area (Å²) in [5.74, 6) is -0.555. The van der Waals surface area contributed by atoms with Crippen LogP contribution in [-0.2, 0) is 13.6 Å². The Balaban J connectivity index is 2.41. The summed E-state index contributed by atoms with van der Waals surface area (Å²) in [6, 6.07) is 13.0. The van der Waals surface area contributed by atoms with Gasteiger partial charge in [0.15, 0.2) is 5.78 Å². The lowest BCUT2D eigenvalue weighted by Crippen LogP contribution is -2.15. The van der Waals surface area contributed by atoms with Crippen molar-refractivity contribution in [1.82, 2.24) is 0 Å². The van der Waals surface area contributed by atoms with E-state index in [4.69, 9.17) is 13.8 Å². The summed E-state index contributed by atoms with van der Waals surface area (Å²) in [5.41, 5.74) is 1.18. The Bertz CT molecular complexity index is 713. The standard InChI is InChI=1S/C18H23FNO4P/c1-4-23-25(21,24-5-2)18(14-7-6-8-15(19)13-14)20-16-9-11-17(22-3)12-10-16/h6-13,18,20H,4-5H2,1-3H3. The summed E-state index contributed by atoms with van der Waals surface area (Å²) in [7, 11) is -1.98. The van der Waals surface area contributed by atoms with Crippen LogP contribution in [0.4, 0.5) is 10.1 Å². The molecule has 0 spiro atoms. The molecule has 0 amide bonds. The van der Waals surface area contributed by atoms with E-state index in [0.29, 0.717) is 17.0 Å². The first-order valence-corrected chi connectivity index (χ1v) is 9.68. The molecular weight excluding hydrogens is 344 g/mol. The minimum atomic E-state index is -3.56. The molecule has 5 nitrogen and oxygen atoms in total. The number of hydrogen-bond acceptors (Lipinski definition) is 5. The number of ether oxygens (including phenoxy) is 1. The number of anilines is 1. The Morgan fingerprint density at radius 2 is 1.72 bits per heavy atom. The molecule has 0 aliphatic carbocycles. The van der Waals surface area contributed by atoms with Gasteiger partial charge >= 0.3 is 7.60 Å². The van der Waals surface area contributed by atoms with Crippen molar-refractivity contribution >= 4 is 13.3 Å². The second kappa shape index (κ2) is 8.99. The Morgan fingerprint density at radius 1 is 1.08 bits per heavy atom. The molecule has 0 bridgehead atoms. The van der Waals surface area contributed by atoms with Gasteiger partial charge < -0.3 is 19.1 Å². The zero-order valence-corrected chi connectivity index (χ0v) is 15.5. The predicted molar refractivity (Wildman–Crippen MR) is 96.6 cm³/mol. The molecule has 0 saturated carbocycles. The third kappa shape index (κ3) is 5.05. The van der Waals surface area contributed by atoms with Crippen LogP contribution in [0.1, 0.15) is 25.2 Å². The lowest BCUT2D eigenvalue weighted by Gasteiger charge is -2.28. The summed E-state index contributed by atoms with van der Waals surface area (Å²) >= 11 is 0. The van der Waals surface area contributed by atoms with Crippen LogP contribution in [-0.4, -0.2) is 20.3 Å². The number of methoxy groups -OCH3 is 1. The third-order valence-corrected chi connectivity index (χ3v) is 5.79. The first kappa shape index (κ1) is 19.4. The minimum Gasteiger partial charge on any atom is -0.497 e. The van der Waals surface area contributed by atoms with Crippen LogP contribution in [0.25, 0.3) is 0 Å². The average molecular weight is 367 g/mol. The first-order chi connectivity index (χ1) is 12.0. The molecule has 0 aliphatic heterocycles. The van der Waals surface area contributed by atoms with Crippen LogP contribution < -0.4 is 10.1 Å². The maximum Gasteiger partial charge on any atom is 0.357 e. The zero-order chi connectivity index (χ0) is 18.3. The third-order valence-electron chi connectivity index (χ3n) is 3.49. The molecule has 1 unspecified atom stereocenters. The van der Waals surface area contributed by atoms with E-state index < -0.39 is 19.2 Å². The van der Waals surface area contributed by atoms with Gasteiger partial charge in [-0.3, -0.25) is 4.57 Å². The van der Waals surface area contributed by atoms with E-state index in [0.717, 1.165) is 0 Å². The van der Waals surface area contributed by atoms with Crippen molar-refractivity contribution in [2.24, 2.45) is 0 Å². The maximum atomic E-state index is 13.7. The number of halogens is 1. The average Bonchev–Trinajstić information content (AvgIpc) is 2.60. The quantitative estimate of drug-likeness (QED) is 0.617. The molecule has 0 heterocycles. The molecule has 7 heteroatoms. The van der Waals surface area contributed by atoms with E-state index in [9.17, 15) is 8.96 Å². The van der Waals surface area contributed by atoms with Gasteiger partial charge in [-0.2, -0.15) is 0 Å². The second-order valence-corrected chi connectivity index (χ2v) is 7.32. The molecule has 0 aromatic heterocycles. The van der Waals surface area contributed by atoms with Gasteiger partial charge in [-0.15, -0.1) is 0 Å². The Hall–Kier alpha value is -1.88. The summed E-state index contributed by atoms with van der Waals surface area (Å²) in [5, 5.41) is 3.15. The maximum absolute atomic E-state index is 13.7. The highest BCUT2D eigenvalue weighted by atomic mass is 31.2. The highest BCUT2D eigenvalue weighted by Gasteiger charge is 2.37. The van der Waals surface area contributed by atoms with Crippen molar-refractivity contribution in [1.29, 1.82) is 0 Å². The molecule has 25 heavy (non-hydrogen) atoms. The number of hydrogen-bond donors (Lipinski definition) is 1. The topological polar surface area (TPSA) is 56.8 Å². The van der Waals surface area contributed by atoms with Crippen molar-refractivity contribution in [3.05, 3.63) is 59.9 Å². The van der Waals surface area contributed by atoms with Crippen molar-refractivity contribution < 1.29 is 22.7 Å². The van der Waals surface area contributed by atoms with Gasteiger partial charge in [0.2, 0.25) is 0 Å². The van der Waals surface area contributed by atoms with Gasteiger partial charge in [0, 0.05) is 5.69 Å². The lowest BCUT2D eigenvalue weighted by molar-refractivity contribution is 0.214. The van der Waals surface area contributed by atoms with Gasteiger partial charge in [-0.05, 0) is 55.8 Å².